The molecule has 0 saturated heterocycles. The highest BCUT2D eigenvalue weighted by molar-refractivity contribution is 5.97. The Morgan fingerprint density at radius 3 is 1.61 bits per heavy atom. The number of rotatable bonds is 9. The number of carbonyl (C=O) groups excluding carboxylic acids is 2. The molecule has 1 N–H and O–H groups in total. The monoisotopic (exact) mass is 424 g/mol. The van der Waals surface area contributed by atoms with Crippen molar-refractivity contribution in [1.82, 2.24) is 0 Å². The Labute approximate surface area is 184 Å². The molecule has 0 aliphatic carbocycles. The summed E-state index contributed by atoms with van der Waals surface area (Å²) in [5.74, 6) is -1.12. The van der Waals surface area contributed by atoms with Crippen molar-refractivity contribution >= 4 is 29.2 Å². The molecular formula is C25H32N2O4. The molecule has 31 heavy (non-hydrogen) atoms. The number of hydrogen-bond acceptors (Lipinski definition) is 3. The van der Waals surface area contributed by atoms with Gasteiger partial charge in [0.05, 0.1) is 0 Å². The van der Waals surface area contributed by atoms with Gasteiger partial charge in [0.25, 0.3) is 0 Å². The summed E-state index contributed by atoms with van der Waals surface area (Å²) in [6.45, 7) is 9.88. The van der Waals surface area contributed by atoms with E-state index < -0.39 is 5.97 Å². The fourth-order valence-electron chi connectivity index (χ4n) is 3.98. The number of benzene rings is 2. The lowest BCUT2D eigenvalue weighted by Gasteiger charge is -2.29. The third-order valence-corrected chi connectivity index (χ3v) is 5.42. The Balaban J connectivity index is 2.27. The Hall–Kier alpha value is -3.15. The normalized spacial score (nSPS) is 10.6. The van der Waals surface area contributed by atoms with Gasteiger partial charge in [0.15, 0.2) is 0 Å². The second kappa shape index (κ2) is 10.8. The van der Waals surface area contributed by atoms with Crippen LogP contribution < -0.4 is 9.80 Å². The first-order valence-electron chi connectivity index (χ1n) is 10.6. The molecular weight excluding hydrogens is 392 g/mol. The van der Waals surface area contributed by atoms with Gasteiger partial charge in [-0.15, -0.1) is 0 Å². The number of hydrogen-bond donors (Lipinski definition) is 1. The number of anilines is 2. The minimum Gasteiger partial charge on any atom is -0.481 e. The Morgan fingerprint density at radius 2 is 1.19 bits per heavy atom. The maximum absolute atomic E-state index is 13.3. The van der Waals surface area contributed by atoms with Crippen LogP contribution in [0.1, 0.15) is 48.4 Å². The van der Waals surface area contributed by atoms with Gasteiger partial charge >= 0.3 is 5.97 Å². The van der Waals surface area contributed by atoms with E-state index in [1.165, 1.54) is 6.92 Å². The van der Waals surface area contributed by atoms with Gasteiger partial charge in [-0.05, 0) is 56.4 Å². The minimum absolute atomic E-state index is 0.00329. The molecule has 0 bridgehead atoms. The van der Waals surface area contributed by atoms with Crippen molar-refractivity contribution in [2.45, 2.75) is 53.9 Å². The number of amides is 2. The highest BCUT2D eigenvalue weighted by Gasteiger charge is 2.22. The number of carbonyl (C=O) groups is 3. The van der Waals surface area contributed by atoms with E-state index >= 15 is 0 Å². The van der Waals surface area contributed by atoms with Crippen LogP contribution in [-0.4, -0.2) is 36.0 Å². The second-order valence-electron chi connectivity index (χ2n) is 7.94. The van der Waals surface area contributed by atoms with Gasteiger partial charge in [0.2, 0.25) is 11.8 Å². The number of nitrogens with zero attached hydrogens (tertiary/aromatic N) is 2. The lowest BCUT2D eigenvalue weighted by atomic mass is 10.1. The first-order chi connectivity index (χ1) is 14.6. The topological polar surface area (TPSA) is 77.9 Å². The summed E-state index contributed by atoms with van der Waals surface area (Å²) in [4.78, 5) is 40.0. The van der Waals surface area contributed by atoms with Crippen LogP contribution in [0.25, 0.3) is 0 Å². The quantitative estimate of drug-likeness (QED) is 0.640. The van der Waals surface area contributed by atoms with E-state index in [-0.39, 0.29) is 31.2 Å². The molecule has 2 rings (SSSR count). The fraction of sp³-hybridized carbons (Fsp3) is 0.400. The maximum Gasteiger partial charge on any atom is 0.303 e. The third kappa shape index (κ3) is 6.17. The van der Waals surface area contributed by atoms with E-state index in [2.05, 4.69) is 0 Å². The number of para-hydroxylation sites is 2. The van der Waals surface area contributed by atoms with Crippen LogP contribution in [0.15, 0.2) is 36.4 Å². The maximum atomic E-state index is 13.3. The van der Waals surface area contributed by atoms with Gasteiger partial charge in [-0.3, -0.25) is 14.4 Å². The molecule has 6 heteroatoms. The summed E-state index contributed by atoms with van der Waals surface area (Å²) in [5, 5.41) is 9.01. The van der Waals surface area contributed by atoms with Crippen molar-refractivity contribution in [3.05, 3.63) is 58.7 Å². The highest BCUT2D eigenvalue weighted by atomic mass is 16.4. The molecule has 0 spiro atoms. The van der Waals surface area contributed by atoms with Crippen LogP contribution in [0.5, 0.6) is 0 Å². The SMILES string of the molecule is CC(=O)N(CCC(=O)N(CCCC(=O)O)c1c(C)cccc1C)c1c(C)cccc1C. The van der Waals surface area contributed by atoms with Crippen LogP contribution in [-0.2, 0) is 14.4 Å². The molecule has 0 aliphatic heterocycles. The summed E-state index contributed by atoms with van der Waals surface area (Å²) < 4.78 is 0. The van der Waals surface area contributed by atoms with Crippen molar-refractivity contribution in [3.8, 4) is 0 Å². The fourth-order valence-corrected chi connectivity index (χ4v) is 3.98. The van der Waals surface area contributed by atoms with Crippen molar-refractivity contribution < 1.29 is 19.5 Å². The van der Waals surface area contributed by atoms with Crippen LogP contribution in [0.2, 0.25) is 0 Å². The number of aryl methyl sites for hydroxylation is 4. The first kappa shape index (κ1) is 24.1. The molecule has 0 aliphatic rings. The predicted molar refractivity (Wildman–Crippen MR) is 124 cm³/mol. The largest absolute Gasteiger partial charge is 0.481 e. The molecule has 0 unspecified atom stereocenters. The summed E-state index contributed by atoms with van der Waals surface area (Å²) in [6.07, 6.45) is 0.507. The minimum atomic E-state index is -0.883. The second-order valence-corrected chi connectivity index (χ2v) is 7.94. The highest BCUT2D eigenvalue weighted by Crippen LogP contribution is 2.28. The van der Waals surface area contributed by atoms with Crippen LogP contribution in [0, 0.1) is 27.7 Å². The average molecular weight is 425 g/mol. The third-order valence-electron chi connectivity index (χ3n) is 5.42. The van der Waals surface area contributed by atoms with E-state index in [0.717, 1.165) is 33.6 Å². The molecule has 0 fully saturated rings. The summed E-state index contributed by atoms with van der Waals surface area (Å²) in [6, 6.07) is 11.7. The van der Waals surface area contributed by atoms with E-state index in [9.17, 15) is 14.4 Å². The molecule has 0 heterocycles. The van der Waals surface area contributed by atoms with Gasteiger partial charge < -0.3 is 14.9 Å². The van der Waals surface area contributed by atoms with E-state index in [4.69, 9.17) is 5.11 Å². The molecule has 6 nitrogen and oxygen atoms in total. The van der Waals surface area contributed by atoms with Crippen molar-refractivity contribution in [2.75, 3.05) is 22.9 Å². The lowest BCUT2D eigenvalue weighted by molar-refractivity contribution is -0.137. The van der Waals surface area contributed by atoms with Gasteiger partial charge in [0, 0.05) is 44.2 Å². The summed E-state index contributed by atoms with van der Waals surface area (Å²) in [5.41, 5.74) is 5.54. The Morgan fingerprint density at radius 1 is 0.742 bits per heavy atom. The molecule has 0 aromatic heterocycles. The first-order valence-corrected chi connectivity index (χ1v) is 10.6. The summed E-state index contributed by atoms with van der Waals surface area (Å²) >= 11 is 0. The van der Waals surface area contributed by atoms with Crippen molar-refractivity contribution in [3.63, 3.8) is 0 Å². The molecule has 2 aromatic carbocycles. The van der Waals surface area contributed by atoms with Crippen LogP contribution >= 0.6 is 0 Å². The standard InChI is InChI=1S/C25H32N2O4/c1-17-9-6-10-18(2)24(17)26(21(5)28)16-14-22(29)27(15-8-13-23(30)31)25-19(3)11-7-12-20(25)4/h6-7,9-12H,8,13-16H2,1-5H3,(H,30,31). The van der Waals surface area contributed by atoms with Crippen molar-refractivity contribution in [2.24, 2.45) is 0 Å². The Bertz CT molecular complexity index is 927. The molecule has 166 valence electrons. The van der Waals surface area contributed by atoms with E-state index in [0.29, 0.717) is 13.0 Å². The average Bonchev–Trinajstić information content (AvgIpc) is 2.68. The van der Waals surface area contributed by atoms with E-state index in [1.807, 2.05) is 64.1 Å². The number of carboxylic acids is 1. The van der Waals surface area contributed by atoms with Crippen LogP contribution in [0.4, 0.5) is 11.4 Å². The van der Waals surface area contributed by atoms with Gasteiger partial charge in [-0.1, -0.05) is 36.4 Å². The van der Waals surface area contributed by atoms with E-state index in [1.54, 1.807) is 9.80 Å². The number of carboxylic acid groups (broad SMARTS) is 1. The molecule has 0 atom stereocenters. The Kier molecular flexibility index (Phi) is 8.37. The lowest BCUT2D eigenvalue weighted by Crippen LogP contribution is -2.38. The molecule has 2 aromatic rings. The number of aliphatic carboxylic acids is 1. The predicted octanol–water partition coefficient (Wildman–Crippen LogP) is 4.56. The van der Waals surface area contributed by atoms with Crippen LogP contribution in [0.3, 0.4) is 0 Å². The zero-order valence-electron chi connectivity index (χ0n) is 19.1. The van der Waals surface area contributed by atoms with Crippen molar-refractivity contribution in [1.29, 1.82) is 0 Å². The molecule has 0 radical (unpaired) electrons. The summed E-state index contributed by atoms with van der Waals surface area (Å²) in [7, 11) is 0. The van der Waals surface area contributed by atoms with Gasteiger partial charge in [-0.2, -0.15) is 0 Å². The zero-order chi connectivity index (χ0) is 23.1. The van der Waals surface area contributed by atoms with Gasteiger partial charge in [0.1, 0.15) is 0 Å². The van der Waals surface area contributed by atoms with Gasteiger partial charge in [-0.25, -0.2) is 0 Å². The molecule has 2 amide bonds. The zero-order valence-corrected chi connectivity index (χ0v) is 19.1. The smallest absolute Gasteiger partial charge is 0.303 e. The molecule has 0 saturated carbocycles.